The molecule has 1 fully saturated rings. The Kier molecular flexibility index (Phi) is 3.40. The molecule has 0 radical (unpaired) electrons. The molecule has 0 saturated heterocycles. The van der Waals surface area contributed by atoms with Crippen molar-refractivity contribution in [3.05, 3.63) is 48.3 Å². The van der Waals surface area contributed by atoms with Crippen LogP contribution in [0.15, 0.2) is 42.6 Å². The van der Waals surface area contributed by atoms with Gasteiger partial charge < -0.3 is 4.74 Å². The zero-order valence-electron chi connectivity index (χ0n) is 11.6. The number of benzene rings is 1. The number of rotatable bonds is 4. The molecule has 0 aliphatic heterocycles. The molecule has 1 aromatic heterocycles. The lowest BCUT2D eigenvalue weighted by Gasteiger charge is -2.25. The van der Waals surface area contributed by atoms with Gasteiger partial charge in [-0.2, -0.15) is 5.10 Å². The van der Waals surface area contributed by atoms with Gasteiger partial charge in [-0.15, -0.1) is 0 Å². The van der Waals surface area contributed by atoms with Crippen LogP contribution in [-0.2, 0) is 4.74 Å². The van der Waals surface area contributed by atoms with Gasteiger partial charge in [0, 0.05) is 7.11 Å². The van der Waals surface area contributed by atoms with Crippen LogP contribution in [0.25, 0.3) is 5.69 Å². The Morgan fingerprint density at radius 1 is 1.20 bits per heavy atom. The van der Waals surface area contributed by atoms with Gasteiger partial charge in [-0.05, 0) is 43.9 Å². The lowest BCUT2D eigenvalue weighted by molar-refractivity contribution is 0.00537. The van der Waals surface area contributed by atoms with Gasteiger partial charge in [0.05, 0.1) is 11.9 Å². The Hall–Kier alpha value is -1.94. The standard InChI is InChI=1S/C16H18N2O2/c1-20-16(10-5-6-11-16)15(19)14-9-12-17-18(14)13-7-3-2-4-8-13/h2-4,7-9,12H,5-6,10-11H2,1H3. The molecular weight excluding hydrogens is 252 g/mol. The van der Waals surface area contributed by atoms with E-state index in [0.717, 1.165) is 31.4 Å². The molecule has 0 atom stereocenters. The van der Waals surface area contributed by atoms with Gasteiger partial charge in [0.15, 0.2) is 0 Å². The Bertz CT molecular complexity index is 598. The molecule has 1 aromatic carbocycles. The Morgan fingerprint density at radius 2 is 1.90 bits per heavy atom. The predicted octanol–water partition coefficient (Wildman–Crippen LogP) is 3.01. The summed E-state index contributed by atoms with van der Waals surface area (Å²) in [5, 5.41) is 4.28. The van der Waals surface area contributed by atoms with Gasteiger partial charge >= 0.3 is 0 Å². The van der Waals surface area contributed by atoms with E-state index in [1.165, 1.54) is 0 Å². The minimum atomic E-state index is -0.660. The van der Waals surface area contributed by atoms with Gasteiger partial charge in [-0.3, -0.25) is 4.79 Å². The lowest BCUT2D eigenvalue weighted by atomic mass is 9.94. The number of hydrogen-bond acceptors (Lipinski definition) is 3. The molecule has 1 aliphatic carbocycles. The fourth-order valence-corrected chi connectivity index (χ4v) is 2.95. The number of ether oxygens (including phenoxy) is 1. The van der Waals surface area contributed by atoms with Gasteiger partial charge in [0.2, 0.25) is 5.78 Å². The van der Waals surface area contributed by atoms with E-state index in [4.69, 9.17) is 4.74 Å². The average Bonchev–Trinajstić information content (AvgIpc) is 3.17. The summed E-state index contributed by atoms with van der Waals surface area (Å²) in [7, 11) is 1.63. The van der Waals surface area contributed by atoms with E-state index >= 15 is 0 Å². The lowest BCUT2D eigenvalue weighted by Crippen LogP contribution is -2.38. The monoisotopic (exact) mass is 270 g/mol. The summed E-state index contributed by atoms with van der Waals surface area (Å²) in [6.07, 6.45) is 5.33. The SMILES string of the molecule is COC1(C(=O)c2ccnn2-c2ccccc2)CCCC1. The third kappa shape index (κ3) is 2.06. The Morgan fingerprint density at radius 3 is 2.55 bits per heavy atom. The molecular formula is C16H18N2O2. The molecule has 3 rings (SSSR count). The van der Waals surface area contributed by atoms with Crippen molar-refractivity contribution in [3.63, 3.8) is 0 Å². The fourth-order valence-electron chi connectivity index (χ4n) is 2.95. The molecule has 0 spiro atoms. The third-order valence-corrected chi connectivity index (χ3v) is 4.09. The molecule has 4 nitrogen and oxygen atoms in total. The number of carbonyl (C=O) groups excluding carboxylic acids is 1. The van der Waals surface area contributed by atoms with Crippen LogP contribution in [0.4, 0.5) is 0 Å². The number of para-hydroxylation sites is 1. The van der Waals surface area contributed by atoms with E-state index in [1.54, 1.807) is 24.1 Å². The van der Waals surface area contributed by atoms with Crippen LogP contribution in [0.5, 0.6) is 0 Å². The van der Waals surface area contributed by atoms with Gasteiger partial charge in [-0.25, -0.2) is 4.68 Å². The van der Waals surface area contributed by atoms with Crippen molar-refractivity contribution in [2.45, 2.75) is 31.3 Å². The molecule has 1 saturated carbocycles. The maximum Gasteiger partial charge on any atom is 0.212 e. The zero-order chi connectivity index (χ0) is 14.0. The molecule has 4 heteroatoms. The first-order valence-corrected chi connectivity index (χ1v) is 6.96. The minimum absolute atomic E-state index is 0.0406. The number of ketones is 1. The zero-order valence-corrected chi connectivity index (χ0v) is 11.6. The first kappa shape index (κ1) is 13.1. The Labute approximate surface area is 118 Å². The summed E-state index contributed by atoms with van der Waals surface area (Å²) >= 11 is 0. The summed E-state index contributed by atoms with van der Waals surface area (Å²) in [6, 6.07) is 11.5. The van der Waals surface area contributed by atoms with Crippen LogP contribution in [-0.4, -0.2) is 28.3 Å². The van der Waals surface area contributed by atoms with Crippen LogP contribution >= 0.6 is 0 Å². The summed E-state index contributed by atoms with van der Waals surface area (Å²) in [5.74, 6) is 0.0406. The first-order chi connectivity index (χ1) is 9.77. The molecule has 20 heavy (non-hydrogen) atoms. The molecule has 1 aliphatic rings. The summed E-state index contributed by atoms with van der Waals surface area (Å²) in [6.45, 7) is 0. The highest BCUT2D eigenvalue weighted by Crippen LogP contribution is 2.35. The number of hydrogen-bond donors (Lipinski definition) is 0. The second-order valence-corrected chi connectivity index (χ2v) is 5.20. The summed E-state index contributed by atoms with van der Waals surface area (Å²) in [5.41, 5.74) is 0.831. The normalized spacial score (nSPS) is 17.2. The Balaban J connectivity index is 2.00. The van der Waals surface area contributed by atoms with E-state index in [9.17, 15) is 4.79 Å². The van der Waals surface area contributed by atoms with Gasteiger partial charge in [-0.1, -0.05) is 18.2 Å². The van der Waals surface area contributed by atoms with Gasteiger partial charge in [0.25, 0.3) is 0 Å². The van der Waals surface area contributed by atoms with Crippen molar-refractivity contribution < 1.29 is 9.53 Å². The van der Waals surface area contributed by atoms with Crippen LogP contribution in [0, 0.1) is 0 Å². The van der Waals surface area contributed by atoms with Crippen LogP contribution in [0.1, 0.15) is 36.2 Å². The molecule has 0 bridgehead atoms. The highest BCUT2D eigenvalue weighted by Gasteiger charge is 2.43. The topological polar surface area (TPSA) is 44.1 Å². The molecule has 2 aromatic rings. The van der Waals surface area contributed by atoms with E-state index < -0.39 is 5.60 Å². The van der Waals surface area contributed by atoms with Crippen molar-refractivity contribution in [2.24, 2.45) is 0 Å². The minimum Gasteiger partial charge on any atom is -0.370 e. The summed E-state index contributed by atoms with van der Waals surface area (Å²) < 4.78 is 7.28. The molecule has 0 N–H and O–H groups in total. The second kappa shape index (κ2) is 5.21. The number of Topliss-reactive ketones (excluding diaryl/α,β-unsaturated/α-hetero) is 1. The first-order valence-electron chi connectivity index (χ1n) is 6.96. The highest BCUT2D eigenvalue weighted by molar-refractivity contribution is 6.01. The van der Waals surface area contributed by atoms with Crippen molar-refractivity contribution in [1.82, 2.24) is 9.78 Å². The molecule has 104 valence electrons. The molecule has 0 unspecified atom stereocenters. The maximum atomic E-state index is 12.9. The number of aromatic nitrogens is 2. The smallest absolute Gasteiger partial charge is 0.212 e. The van der Waals surface area contributed by atoms with E-state index in [2.05, 4.69) is 5.10 Å². The molecule has 0 amide bonds. The van der Waals surface area contributed by atoms with Crippen LogP contribution < -0.4 is 0 Å². The highest BCUT2D eigenvalue weighted by atomic mass is 16.5. The van der Waals surface area contributed by atoms with E-state index in [-0.39, 0.29) is 5.78 Å². The van der Waals surface area contributed by atoms with Crippen molar-refractivity contribution >= 4 is 5.78 Å². The van der Waals surface area contributed by atoms with Crippen LogP contribution in [0.2, 0.25) is 0 Å². The van der Waals surface area contributed by atoms with E-state index in [0.29, 0.717) is 5.69 Å². The summed E-state index contributed by atoms with van der Waals surface area (Å²) in [4.78, 5) is 12.9. The second-order valence-electron chi connectivity index (χ2n) is 5.20. The average molecular weight is 270 g/mol. The van der Waals surface area contributed by atoms with Gasteiger partial charge in [0.1, 0.15) is 11.3 Å². The largest absolute Gasteiger partial charge is 0.370 e. The number of nitrogens with zero attached hydrogens (tertiary/aromatic N) is 2. The maximum absolute atomic E-state index is 12.9. The quantitative estimate of drug-likeness (QED) is 0.802. The van der Waals surface area contributed by atoms with Crippen molar-refractivity contribution in [1.29, 1.82) is 0 Å². The number of methoxy groups -OCH3 is 1. The van der Waals surface area contributed by atoms with Crippen LogP contribution in [0.3, 0.4) is 0 Å². The van der Waals surface area contributed by atoms with Crippen molar-refractivity contribution in [3.8, 4) is 5.69 Å². The van der Waals surface area contributed by atoms with Crippen molar-refractivity contribution in [2.75, 3.05) is 7.11 Å². The number of carbonyl (C=O) groups is 1. The fraction of sp³-hybridized carbons (Fsp3) is 0.375. The predicted molar refractivity (Wildman–Crippen MR) is 76.1 cm³/mol. The molecule has 1 heterocycles. The third-order valence-electron chi connectivity index (χ3n) is 4.09. The van der Waals surface area contributed by atoms with E-state index in [1.807, 2.05) is 30.3 Å².